The Morgan fingerprint density at radius 3 is 2.55 bits per heavy atom. The predicted molar refractivity (Wildman–Crippen MR) is 71.7 cm³/mol. The Labute approximate surface area is 125 Å². The van der Waals surface area contributed by atoms with E-state index in [1.165, 1.54) is 30.1 Å². The van der Waals surface area contributed by atoms with Gasteiger partial charge in [0.2, 0.25) is 11.8 Å². The van der Waals surface area contributed by atoms with Gasteiger partial charge in [-0.1, -0.05) is 18.2 Å². The van der Waals surface area contributed by atoms with Crippen molar-refractivity contribution in [2.24, 2.45) is 5.73 Å². The first kappa shape index (κ1) is 17.8. The lowest BCUT2D eigenvalue weighted by atomic mass is 10.2. The summed E-state index contributed by atoms with van der Waals surface area (Å²) in [4.78, 5) is 23.9. The highest BCUT2D eigenvalue weighted by Crippen LogP contribution is 2.26. The van der Waals surface area contributed by atoms with Gasteiger partial charge in [0.05, 0.1) is 13.1 Å². The minimum Gasteiger partial charge on any atom is -0.405 e. The fraction of sp³-hybridized carbons (Fsp3) is 0.385. The summed E-state index contributed by atoms with van der Waals surface area (Å²) in [6.45, 7) is -0.627. The van der Waals surface area contributed by atoms with Crippen molar-refractivity contribution in [3.63, 3.8) is 0 Å². The molecule has 0 heterocycles. The molecule has 2 amide bonds. The summed E-state index contributed by atoms with van der Waals surface area (Å²) in [6, 6.07) is 5.52. The van der Waals surface area contributed by atoms with E-state index in [1.807, 2.05) is 0 Å². The van der Waals surface area contributed by atoms with E-state index >= 15 is 0 Å². The minimum absolute atomic E-state index is 0.0937. The van der Waals surface area contributed by atoms with Crippen LogP contribution < -0.4 is 15.8 Å². The van der Waals surface area contributed by atoms with Gasteiger partial charge in [-0.05, 0) is 6.07 Å². The number of hydrogen-bond donors (Lipinski definition) is 2. The van der Waals surface area contributed by atoms with Crippen LogP contribution >= 0.6 is 0 Å². The molecule has 22 heavy (non-hydrogen) atoms. The average molecular weight is 319 g/mol. The van der Waals surface area contributed by atoms with Gasteiger partial charge < -0.3 is 20.7 Å². The molecule has 1 aromatic rings. The number of hydrogen-bond acceptors (Lipinski definition) is 4. The first-order chi connectivity index (χ1) is 10.2. The molecule has 0 bridgehead atoms. The summed E-state index contributed by atoms with van der Waals surface area (Å²) in [7, 11) is 1.40. The molecule has 0 aromatic heterocycles. The summed E-state index contributed by atoms with van der Waals surface area (Å²) >= 11 is 0. The van der Waals surface area contributed by atoms with Gasteiger partial charge >= 0.3 is 6.36 Å². The van der Waals surface area contributed by atoms with E-state index < -0.39 is 18.2 Å². The fourth-order valence-corrected chi connectivity index (χ4v) is 1.58. The van der Waals surface area contributed by atoms with Gasteiger partial charge in [-0.25, -0.2) is 0 Å². The van der Waals surface area contributed by atoms with E-state index in [9.17, 15) is 22.8 Å². The second kappa shape index (κ2) is 7.64. The molecule has 0 spiro atoms. The molecule has 3 N–H and O–H groups in total. The molecule has 0 saturated heterocycles. The fourth-order valence-electron chi connectivity index (χ4n) is 1.58. The van der Waals surface area contributed by atoms with Crippen molar-refractivity contribution < 1.29 is 27.5 Å². The lowest BCUT2D eigenvalue weighted by Crippen LogP contribution is -2.40. The zero-order chi connectivity index (χ0) is 16.8. The molecular formula is C13H16F3N3O3. The van der Waals surface area contributed by atoms with E-state index in [-0.39, 0.29) is 30.9 Å². The average Bonchev–Trinajstić information content (AvgIpc) is 2.44. The molecule has 6 nitrogen and oxygen atoms in total. The number of rotatable bonds is 6. The van der Waals surface area contributed by atoms with Crippen LogP contribution in [-0.4, -0.2) is 43.2 Å². The highest BCUT2D eigenvalue weighted by atomic mass is 19.4. The van der Waals surface area contributed by atoms with Crippen LogP contribution in [0.25, 0.3) is 0 Å². The number of amides is 2. The van der Waals surface area contributed by atoms with Crippen molar-refractivity contribution in [2.45, 2.75) is 12.9 Å². The van der Waals surface area contributed by atoms with Gasteiger partial charge in [0.25, 0.3) is 0 Å². The van der Waals surface area contributed by atoms with Crippen LogP contribution in [0.1, 0.15) is 5.56 Å². The zero-order valence-corrected chi connectivity index (χ0v) is 11.8. The number of alkyl halides is 3. The van der Waals surface area contributed by atoms with E-state index in [0.717, 1.165) is 6.07 Å². The highest BCUT2D eigenvalue weighted by molar-refractivity contribution is 5.85. The van der Waals surface area contributed by atoms with Crippen molar-refractivity contribution in [1.82, 2.24) is 10.2 Å². The van der Waals surface area contributed by atoms with Gasteiger partial charge in [-0.15, -0.1) is 13.2 Å². The van der Waals surface area contributed by atoms with Crippen molar-refractivity contribution in [1.29, 1.82) is 0 Å². The number of carbonyl (C=O) groups excluding carboxylic acids is 2. The standard InChI is InChI=1S/C13H16F3N3O3/c1-19(12(21)7-18-11(20)6-17)8-9-4-2-3-5-10(9)22-13(14,15)16/h2-5H,6-8,17H2,1H3,(H,18,20). The van der Waals surface area contributed by atoms with Crippen LogP contribution in [0.15, 0.2) is 24.3 Å². The summed E-state index contributed by atoms with van der Waals surface area (Å²) in [5, 5.41) is 2.29. The predicted octanol–water partition coefficient (Wildman–Crippen LogP) is 0.619. The topological polar surface area (TPSA) is 84.7 Å². The largest absolute Gasteiger partial charge is 0.573 e. The molecule has 0 aliphatic rings. The number of ether oxygens (including phenoxy) is 1. The molecule has 0 unspecified atom stereocenters. The lowest BCUT2D eigenvalue weighted by Gasteiger charge is -2.20. The maximum absolute atomic E-state index is 12.3. The van der Waals surface area contributed by atoms with Crippen LogP contribution in [0, 0.1) is 0 Å². The Hall–Kier alpha value is -2.29. The maximum Gasteiger partial charge on any atom is 0.573 e. The second-order valence-corrected chi connectivity index (χ2v) is 4.39. The van der Waals surface area contributed by atoms with Crippen LogP contribution in [0.2, 0.25) is 0 Å². The SMILES string of the molecule is CN(Cc1ccccc1OC(F)(F)F)C(=O)CNC(=O)CN. The van der Waals surface area contributed by atoms with E-state index in [4.69, 9.17) is 5.73 Å². The third-order valence-corrected chi connectivity index (χ3v) is 2.65. The van der Waals surface area contributed by atoms with Crippen molar-refractivity contribution in [2.75, 3.05) is 20.1 Å². The normalized spacial score (nSPS) is 11.0. The van der Waals surface area contributed by atoms with E-state index in [1.54, 1.807) is 0 Å². The molecular weight excluding hydrogens is 303 g/mol. The van der Waals surface area contributed by atoms with Gasteiger partial charge in [-0.3, -0.25) is 9.59 Å². The summed E-state index contributed by atoms with van der Waals surface area (Å²) in [6.07, 6.45) is -4.81. The summed E-state index contributed by atoms with van der Waals surface area (Å²) in [5.41, 5.74) is 5.27. The van der Waals surface area contributed by atoms with Gasteiger partial charge in [0, 0.05) is 19.2 Å². The molecule has 0 fully saturated rings. The summed E-state index contributed by atoms with van der Waals surface area (Å²) in [5.74, 6) is -1.34. The third kappa shape index (κ3) is 6.00. The molecule has 1 rings (SSSR count). The van der Waals surface area contributed by atoms with Crippen molar-refractivity contribution in [3.05, 3.63) is 29.8 Å². The van der Waals surface area contributed by atoms with Gasteiger partial charge in [-0.2, -0.15) is 0 Å². The van der Waals surface area contributed by atoms with Crippen LogP contribution in [-0.2, 0) is 16.1 Å². The number of carbonyl (C=O) groups is 2. The summed E-state index contributed by atoms with van der Waals surface area (Å²) < 4.78 is 40.8. The number of nitrogens with one attached hydrogen (secondary N) is 1. The Kier molecular flexibility index (Phi) is 6.17. The Morgan fingerprint density at radius 2 is 1.95 bits per heavy atom. The lowest BCUT2D eigenvalue weighted by molar-refractivity contribution is -0.275. The molecule has 0 saturated carbocycles. The van der Waals surface area contributed by atoms with Crippen LogP contribution in [0.5, 0.6) is 5.75 Å². The number of benzene rings is 1. The Balaban J connectivity index is 2.69. The number of nitrogens with two attached hydrogens (primary N) is 1. The molecule has 9 heteroatoms. The smallest absolute Gasteiger partial charge is 0.405 e. The molecule has 0 aliphatic carbocycles. The molecule has 122 valence electrons. The zero-order valence-electron chi connectivity index (χ0n) is 11.8. The Morgan fingerprint density at radius 1 is 1.32 bits per heavy atom. The second-order valence-electron chi connectivity index (χ2n) is 4.39. The minimum atomic E-state index is -4.81. The molecule has 0 aliphatic heterocycles. The highest BCUT2D eigenvalue weighted by Gasteiger charge is 2.32. The maximum atomic E-state index is 12.3. The number of likely N-dealkylation sites (N-methyl/N-ethyl adjacent to an activating group) is 1. The van der Waals surface area contributed by atoms with Crippen LogP contribution in [0.4, 0.5) is 13.2 Å². The first-order valence-corrected chi connectivity index (χ1v) is 6.27. The quantitative estimate of drug-likeness (QED) is 0.805. The molecule has 1 aromatic carbocycles. The van der Waals surface area contributed by atoms with Gasteiger partial charge in [0.15, 0.2) is 0 Å². The van der Waals surface area contributed by atoms with Gasteiger partial charge in [0.1, 0.15) is 5.75 Å². The number of nitrogens with zero attached hydrogens (tertiary/aromatic N) is 1. The van der Waals surface area contributed by atoms with E-state index in [0.29, 0.717) is 0 Å². The van der Waals surface area contributed by atoms with Crippen LogP contribution in [0.3, 0.4) is 0 Å². The Bertz CT molecular complexity index is 535. The van der Waals surface area contributed by atoms with E-state index in [2.05, 4.69) is 10.1 Å². The number of halogens is 3. The monoisotopic (exact) mass is 319 g/mol. The van der Waals surface area contributed by atoms with Crippen molar-refractivity contribution >= 4 is 11.8 Å². The number of para-hydroxylation sites is 1. The first-order valence-electron chi connectivity index (χ1n) is 6.27. The molecule has 0 atom stereocenters. The molecule has 0 radical (unpaired) electrons. The van der Waals surface area contributed by atoms with Crippen molar-refractivity contribution in [3.8, 4) is 5.75 Å². The third-order valence-electron chi connectivity index (χ3n) is 2.65.